The number of nitrogens with two attached hydrogens (primary N) is 1. The third kappa shape index (κ3) is 3.74. The highest BCUT2D eigenvalue weighted by molar-refractivity contribution is 5.94. The number of carbonyl (C=O) groups is 1. The fraction of sp³-hybridized carbons (Fsp3) is 0.500. The number of amides is 1. The molecule has 0 unspecified atom stereocenters. The van der Waals surface area contributed by atoms with Crippen molar-refractivity contribution in [2.24, 2.45) is 11.1 Å². The highest BCUT2D eigenvalue weighted by Gasteiger charge is 2.23. The van der Waals surface area contributed by atoms with Gasteiger partial charge in [0.05, 0.1) is 0 Å². The van der Waals surface area contributed by atoms with Crippen LogP contribution in [0.4, 0.5) is 0 Å². The average Bonchev–Trinajstić information content (AvgIpc) is 2.35. The summed E-state index contributed by atoms with van der Waals surface area (Å²) in [5.41, 5.74) is 6.09. The van der Waals surface area contributed by atoms with Gasteiger partial charge in [-0.1, -0.05) is 19.9 Å². The summed E-state index contributed by atoms with van der Waals surface area (Å²) in [5.74, 6) is 0.0323. The summed E-state index contributed by atoms with van der Waals surface area (Å²) < 4.78 is 0. The van der Waals surface area contributed by atoms with Crippen LogP contribution in [0.2, 0.25) is 0 Å². The van der Waals surface area contributed by atoms with Gasteiger partial charge >= 0.3 is 0 Å². The van der Waals surface area contributed by atoms with Crippen LogP contribution in [-0.2, 0) is 0 Å². The number of phenolic OH excluding ortho intramolecular Hbond substituents is 1. The van der Waals surface area contributed by atoms with Crippen LogP contribution >= 0.6 is 0 Å². The van der Waals surface area contributed by atoms with Gasteiger partial charge in [0.2, 0.25) is 0 Å². The molecule has 1 amide bonds. The number of carbonyl (C=O) groups excluding carboxylic acids is 1. The van der Waals surface area contributed by atoms with Gasteiger partial charge < -0.3 is 15.7 Å². The van der Waals surface area contributed by atoms with Crippen molar-refractivity contribution in [3.8, 4) is 5.75 Å². The SMILES string of the molecule is CCN(CC(C)(C)CN)C(=O)c1cccc(O)c1. The van der Waals surface area contributed by atoms with Crippen molar-refractivity contribution < 1.29 is 9.90 Å². The summed E-state index contributed by atoms with van der Waals surface area (Å²) in [6.07, 6.45) is 0. The van der Waals surface area contributed by atoms with Crippen LogP contribution < -0.4 is 5.73 Å². The van der Waals surface area contributed by atoms with Crippen molar-refractivity contribution >= 4 is 5.91 Å². The lowest BCUT2D eigenvalue weighted by Gasteiger charge is -2.31. The average molecular weight is 250 g/mol. The molecule has 4 nitrogen and oxygen atoms in total. The summed E-state index contributed by atoms with van der Waals surface area (Å²) >= 11 is 0. The first-order chi connectivity index (χ1) is 8.39. The number of aromatic hydroxyl groups is 1. The van der Waals surface area contributed by atoms with E-state index in [1.807, 2.05) is 20.8 Å². The molecule has 3 N–H and O–H groups in total. The van der Waals surface area contributed by atoms with Crippen LogP contribution in [0.1, 0.15) is 31.1 Å². The number of benzene rings is 1. The quantitative estimate of drug-likeness (QED) is 0.838. The number of hydrogen-bond donors (Lipinski definition) is 2. The first-order valence-electron chi connectivity index (χ1n) is 6.18. The second-order valence-electron chi connectivity index (χ2n) is 5.24. The van der Waals surface area contributed by atoms with Crippen LogP contribution in [0.15, 0.2) is 24.3 Å². The molecule has 0 atom stereocenters. The van der Waals surface area contributed by atoms with Crippen molar-refractivity contribution in [1.82, 2.24) is 4.90 Å². The zero-order valence-corrected chi connectivity index (χ0v) is 11.3. The predicted octanol–water partition coefficient (Wildman–Crippen LogP) is 1.84. The fourth-order valence-corrected chi connectivity index (χ4v) is 1.73. The molecule has 0 saturated heterocycles. The molecule has 0 aliphatic heterocycles. The van der Waals surface area contributed by atoms with Gasteiger partial charge in [0.1, 0.15) is 5.75 Å². The Morgan fingerprint density at radius 2 is 2.11 bits per heavy atom. The van der Waals surface area contributed by atoms with E-state index in [1.54, 1.807) is 23.1 Å². The van der Waals surface area contributed by atoms with E-state index < -0.39 is 0 Å². The molecule has 0 saturated carbocycles. The summed E-state index contributed by atoms with van der Waals surface area (Å²) in [5, 5.41) is 9.40. The van der Waals surface area contributed by atoms with Gasteiger partial charge in [0, 0.05) is 18.7 Å². The van der Waals surface area contributed by atoms with Crippen molar-refractivity contribution in [3.05, 3.63) is 29.8 Å². The molecule has 0 heterocycles. The zero-order chi connectivity index (χ0) is 13.8. The Morgan fingerprint density at radius 1 is 1.44 bits per heavy atom. The molecule has 0 spiro atoms. The van der Waals surface area contributed by atoms with E-state index >= 15 is 0 Å². The van der Waals surface area contributed by atoms with Crippen LogP contribution in [0.5, 0.6) is 5.75 Å². The molecule has 1 aromatic carbocycles. The summed E-state index contributed by atoms with van der Waals surface area (Å²) in [6.45, 7) is 7.76. The Kier molecular flexibility index (Phi) is 4.73. The van der Waals surface area contributed by atoms with E-state index in [0.29, 0.717) is 25.2 Å². The van der Waals surface area contributed by atoms with Gasteiger partial charge in [-0.05, 0) is 37.1 Å². The standard InChI is InChI=1S/C14H22N2O2/c1-4-16(10-14(2,3)9-15)13(18)11-6-5-7-12(17)8-11/h5-8,17H,4,9-10,15H2,1-3H3. The maximum atomic E-state index is 12.3. The Hall–Kier alpha value is -1.55. The van der Waals surface area contributed by atoms with Gasteiger partial charge in [-0.2, -0.15) is 0 Å². The monoisotopic (exact) mass is 250 g/mol. The van der Waals surface area contributed by atoms with Crippen molar-refractivity contribution in [2.45, 2.75) is 20.8 Å². The van der Waals surface area contributed by atoms with E-state index in [1.165, 1.54) is 6.07 Å². The predicted molar refractivity (Wildman–Crippen MR) is 72.5 cm³/mol. The lowest BCUT2D eigenvalue weighted by atomic mass is 9.93. The number of rotatable bonds is 5. The van der Waals surface area contributed by atoms with E-state index in [4.69, 9.17) is 5.73 Å². The smallest absolute Gasteiger partial charge is 0.253 e. The second kappa shape index (κ2) is 5.87. The minimum Gasteiger partial charge on any atom is -0.508 e. The Morgan fingerprint density at radius 3 is 2.61 bits per heavy atom. The first kappa shape index (κ1) is 14.5. The van der Waals surface area contributed by atoms with E-state index in [-0.39, 0.29) is 17.1 Å². The third-order valence-corrected chi connectivity index (χ3v) is 2.93. The summed E-state index contributed by atoms with van der Waals surface area (Å²) in [4.78, 5) is 14.0. The zero-order valence-electron chi connectivity index (χ0n) is 11.3. The van der Waals surface area contributed by atoms with Crippen molar-refractivity contribution in [1.29, 1.82) is 0 Å². The van der Waals surface area contributed by atoms with Crippen LogP contribution in [-0.4, -0.2) is 35.5 Å². The maximum Gasteiger partial charge on any atom is 0.253 e. The number of hydrogen-bond acceptors (Lipinski definition) is 3. The highest BCUT2D eigenvalue weighted by atomic mass is 16.3. The number of phenols is 1. The molecule has 1 rings (SSSR count). The second-order valence-corrected chi connectivity index (χ2v) is 5.24. The lowest BCUT2D eigenvalue weighted by molar-refractivity contribution is 0.0700. The van der Waals surface area contributed by atoms with Gasteiger partial charge in [0.15, 0.2) is 0 Å². The largest absolute Gasteiger partial charge is 0.508 e. The topological polar surface area (TPSA) is 66.6 Å². The fourth-order valence-electron chi connectivity index (χ4n) is 1.73. The normalized spacial score (nSPS) is 11.3. The van der Waals surface area contributed by atoms with Crippen LogP contribution in [0, 0.1) is 5.41 Å². The Labute approximate surface area is 108 Å². The minimum atomic E-state index is -0.109. The molecule has 100 valence electrons. The van der Waals surface area contributed by atoms with Gasteiger partial charge in [0.25, 0.3) is 5.91 Å². The van der Waals surface area contributed by atoms with Gasteiger partial charge in [-0.3, -0.25) is 4.79 Å². The number of nitrogens with zero attached hydrogens (tertiary/aromatic N) is 1. The molecule has 0 aliphatic rings. The molecular formula is C14H22N2O2. The molecule has 1 aromatic rings. The molecular weight excluding hydrogens is 228 g/mol. The van der Waals surface area contributed by atoms with Crippen LogP contribution in [0.25, 0.3) is 0 Å². The summed E-state index contributed by atoms with van der Waals surface area (Å²) in [6, 6.07) is 6.42. The van der Waals surface area contributed by atoms with Crippen LogP contribution in [0.3, 0.4) is 0 Å². The molecule has 0 bridgehead atoms. The first-order valence-corrected chi connectivity index (χ1v) is 6.18. The van der Waals surface area contributed by atoms with E-state index in [2.05, 4.69) is 0 Å². The molecule has 18 heavy (non-hydrogen) atoms. The maximum absolute atomic E-state index is 12.3. The molecule has 0 aromatic heterocycles. The van der Waals surface area contributed by atoms with Crippen molar-refractivity contribution in [2.75, 3.05) is 19.6 Å². The van der Waals surface area contributed by atoms with E-state index in [0.717, 1.165) is 0 Å². The van der Waals surface area contributed by atoms with Gasteiger partial charge in [-0.15, -0.1) is 0 Å². The van der Waals surface area contributed by atoms with Crippen molar-refractivity contribution in [3.63, 3.8) is 0 Å². The summed E-state index contributed by atoms with van der Waals surface area (Å²) in [7, 11) is 0. The minimum absolute atomic E-state index is 0.0741. The third-order valence-electron chi connectivity index (χ3n) is 2.93. The Bertz CT molecular complexity index is 416. The molecule has 0 radical (unpaired) electrons. The van der Waals surface area contributed by atoms with E-state index in [9.17, 15) is 9.90 Å². The highest BCUT2D eigenvalue weighted by Crippen LogP contribution is 2.18. The Balaban J connectivity index is 2.86. The molecule has 4 heteroatoms. The molecule has 0 fully saturated rings. The molecule has 0 aliphatic carbocycles. The van der Waals surface area contributed by atoms with Gasteiger partial charge in [-0.25, -0.2) is 0 Å². The lowest BCUT2D eigenvalue weighted by Crippen LogP contribution is -2.41.